The van der Waals surface area contributed by atoms with E-state index in [1.54, 1.807) is 0 Å². The first kappa shape index (κ1) is 18.7. The number of hydrogen-bond donors (Lipinski definition) is 2. The minimum atomic E-state index is -5.06. The molecule has 11 heteroatoms. The van der Waals surface area contributed by atoms with Crippen LogP contribution in [0.25, 0.3) is 0 Å². The molecule has 2 atom stereocenters. The molecule has 0 aliphatic rings. The van der Waals surface area contributed by atoms with Crippen LogP contribution in [-0.4, -0.2) is 19.9 Å². The molecule has 2 aromatic rings. The van der Waals surface area contributed by atoms with Crippen molar-refractivity contribution in [1.82, 2.24) is 0 Å². The summed E-state index contributed by atoms with van der Waals surface area (Å²) in [7, 11) is -5.06. The minimum absolute atomic E-state index is 0.00479. The lowest BCUT2D eigenvalue weighted by molar-refractivity contribution is -0.729. The van der Waals surface area contributed by atoms with Crippen molar-refractivity contribution in [1.29, 1.82) is 0 Å². The maximum Gasteiger partial charge on any atom is 0.316 e. The average Bonchev–Trinajstić information content (AvgIpc) is 2.53. The number of hydrogen-bond acceptors (Lipinski definition) is 6. The van der Waals surface area contributed by atoms with Gasteiger partial charge in [-0.2, -0.15) is 0 Å². The fourth-order valence-electron chi connectivity index (χ4n) is 2.16. The predicted molar refractivity (Wildman–Crippen MR) is 82.0 cm³/mol. The van der Waals surface area contributed by atoms with E-state index in [1.165, 1.54) is 48.5 Å². The highest BCUT2D eigenvalue weighted by atomic mass is 31.2. The summed E-state index contributed by atoms with van der Waals surface area (Å²) < 4.78 is 15.8. The second-order valence-electron chi connectivity index (χ2n) is 5.05. The van der Waals surface area contributed by atoms with Gasteiger partial charge >= 0.3 is 5.69 Å². The van der Waals surface area contributed by atoms with Gasteiger partial charge in [-0.05, 0) is 23.3 Å². The maximum absolute atomic E-state index is 11.1. The number of non-ortho nitro benzene ring substituents is 1. The first-order chi connectivity index (χ1) is 11.7. The lowest BCUT2D eigenvalue weighted by atomic mass is 10.0. The summed E-state index contributed by atoms with van der Waals surface area (Å²) in [5.74, 6) is 0. The van der Waals surface area contributed by atoms with E-state index in [0.29, 0.717) is 11.1 Å². The van der Waals surface area contributed by atoms with Crippen LogP contribution in [0.1, 0.15) is 17.2 Å². The van der Waals surface area contributed by atoms with E-state index in [1.807, 2.05) is 0 Å². The van der Waals surface area contributed by atoms with E-state index < -0.39 is 18.8 Å². The summed E-state index contributed by atoms with van der Waals surface area (Å²) in [4.78, 5) is 40.6. The second-order valence-corrected chi connectivity index (χ2v) is 6.20. The van der Waals surface area contributed by atoms with Crippen molar-refractivity contribution in [2.24, 2.45) is 0 Å². The number of phosphoric ester groups is 1. The molecule has 0 amide bonds. The number of nitro groups is 1. The van der Waals surface area contributed by atoms with Crippen LogP contribution in [0.3, 0.4) is 0 Å². The third-order valence-corrected chi connectivity index (χ3v) is 3.84. The van der Waals surface area contributed by atoms with E-state index in [0.717, 1.165) is 0 Å². The molecule has 0 saturated carbocycles. The molecule has 2 unspecified atom stereocenters. The Morgan fingerprint density at radius 2 is 1.56 bits per heavy atom. The van der Waals surface area contributed by atoms with Gasteiger partial charge < -0.3 is 14.3 Å². The van der Waals surface area contributed by atoms with Crippen LogP contribution >= 0.6 is 7.82 Å². The molecule has 0 spiro atoms. The molecule has 0 fully saturated rings. The van der Waals surface area contributed by atoms with Crippen molar-refractivity contribution >= 4 is 19.2 Å². The monoisotopic (exact) mass is 368 g/mol. The van der Waals surface area contributed by atoms with Gasteiger partial charge in [-0.25, -0.2) is 5.21 Å². The molecule has 0 saturated heterocycles. The van der Waals surface area contributed by atoms with Gasteiger partial charge in [-0.15, -0.1) is 0 Å². The highest BCUT2D eigenvalue weighted by Crippen LogP contribution is 2.40. The van der Waals surface area contributed by atoms with Crippen molar-refractivity contribution < 1.29 is 33.9 Å². The Morgan fingerprint density at radius 1 is 1.04 bits per heavy atom. The largest absolute Gasteiger partial charge is 0.756 e. The van der Waals surface area contributed by atoms with E-state index in [2.05, 4.69) is 4.52 Å². The Bertz CT molecular complexity index is 816. The maximum atomic E-state index is 11.1. The van der Waals surface area contributed by atoms with Gasteiger partial charge in [0.2, 0.25) is 0 Å². The Hall–Kier alpha value is -2.65. The Balaban J connectivity index is 2.27. The van der Waals surface area contributed by atoms with Crippen molar-refractivity contribution in [3.63, 3.8) is 0 Å². The van der Waals surface area contributed by atoms with Crippen LogP contribution in [0.2, 0.25) is 0 Å². The van der Waals surface area contributed by atoms with Crippen molar-refractivity contribution in [3.05, 3.63) is 74.7 Å². The zero-order valence-corrected chi connectivity index (χ0v) is 13.5. The van der Waals surface area contributed by atoms with Crippen LogP contribution in [0.4, 0.5) is 11.4 Å². The fraction of sp³-hybridized carbons (Fsp3) is 0.143. The summed E-state index contributed by atoms with van der Waals surface area (Å²) in [5, 5.41) is 19.5. The van der Waals surface area contributed by atoms with Crippen LogP contribution in [-0.2, 0) is 15.5 Å². The van der Waals surface area contributed by atoms with Crippen LogP contribution in [0, 0.1) is 15.0 Å². The molecular formula is C14H13N2O8P. The molecule has 132 valence electrons. The Kier molecular flexibility index (Phi) is 5.60. The average molecular weight is 368 g/mol. The van der Waals surface area contributed by atoms with Gasteiger partial charge in [0, 0.05) is 30.7 Å². The predicted octanol–water partition coefficient (Wildman–Crippen LogP) is 2.16. The highest BCUT2D eigenvalue weighted by molar-refractivity contribution is 7.44. The molecule has 0 aliphatic heterocycles. The third-order valence-electron chi connectivity index (χ3n) is 3.31. The van der Waals surface area contributed by atoms with Gasteiger partial charge in [0.15, 0.2) is 0 Å². The van der Waals surface area contributed by atoms with E-state index in [-0.39, 0.29) is 22.7 Å². The molecule has 10 nitrogen and oxygen atoms in total. The van der Waals surface area contributed by atoms with Crippen LogP contribution in [0.15, 0.2) is 48.5 Å². The van der Waals surface area contributed by atoms with Gasteiger partial charge in [-0.3, -0.25) is 14.7 Å². The van der Waals surface area contributed by atoms with Crippen LogP contribution < -0.4 is 4.89 Å². The van der Waals surface area contributed by atoms with Crippen molar-refractivity contribution in [2.45, 2.75) is 12.5 Å². The smallest absolute Gasteiger partial charge is 0.316 e. The zero-order valence-electron chi connectivity index (χ0n) is 12.6. The van der Waals surface area contributed by atoms with Crippen LogP contribution in [0.5, 0.6) is 0 Å². The highest BCUT2D eigenvalue weighted by Gasteiger charge is 2.20. The molecule has 2 N–H and O–H groups in total. The number of nitro benzene ring substituents is 1. The van der Waals surface area contributed by atoms with E-state index >= 15 is 0 Å². The summed E-state index contributed by atoms with van der Waals surface area (Å²) in [5.41, 5.74) is 0.641. The number of nitrogens with zero attached hydrogens (tertiary/aromatic N) is 2. The molecular weight excluding hydrogens is 355 g/mol. The molecule has 0 aromatic heterocycles. The lowest BCUT2D eigenvalue weighted by Crippen LogP contribution is -2.12. The molecule has 25 heavy (non-hydrogen) atoms. The molecule has 0 heterocycles. The summed E-state index contributed by atoms with van der Waals surface area (Å²) >= 11 is 0. The minimum Gasteiger partial charge on any atom is -0.756 e. The molecule has 0 radical (unpaired) electrons. The number of benzene rings is 2. The number of rotatable bonds is 7. The molecule has 2 aromatic carbocycles. The lowest BCUT2D eigenvalue weighted by Gasteiger charge is -2.24. The van der Waals surface area contributed by atoms with Gasteiger partial charge in [0.05, 0.1) is 15.9 Å². The molecule has 2 rings (SSSR count). The first-order valence-electron chi connectivity index (χ1n) is 6.87. The van der Waals surface area contributed by atoms with Gasteiger partial charge in [0.25, 0.3) is 18.4 Å². The Morgan fingerprint density at radius 3 is 2.00 bits per heavy atom. The van der Waals surface area contributed by atoms with Gasteiger partial charge in [0.1, 0.15) is 0 Å². The number of phosphoric acid groups is 1. The third kappa shape index (κ3) is 5.44. The van der Waals surface area contributed by atoms with Crippen molar-refractivity contribution in [3.8, 4) is 0 Å². The summed E-state index contributed by atoms with van der Waals surface area (Å²) in [6.07, 6.45) is -1.13. The van der Waals surface area contributed by atoms with E-state index in [4.69, 9.17) is 10.1 Å². The second kappa shape index (κ2) is 7.49. The fourth-order valence-corrected chi connectivity index (χ4v) is 2.68. The summed E-state index contributed by atoms with van der Waals surface area (Å²) in [6, 6.07) is 10.6. The SMILES string of the molecule is O=[N+]([O-])c1ccc(C(Cc2ccc([N+](=O)O)cc2)OP(=O)([O-])O)cc1. The summed E-state index contributed by atoms with van der Waals surface area (Å²) in [6.45, 7) is 0. The standard InChI is InChI=1S/C14H13N2O8P/c17-15(18)12-5-1-10(2-6-12)9-14(24-25(21,22)23)11-3-7-13(8-4-11)16(19)20/h1-8,14H,9H2,(H2-,17,18,21,22,23). The molecule has 0 aliphatic carbocycles. The quantitative estimate of drug-likeness (QED) is 0.428. The molecule has 0 bridgehead atoms. The normalized spacial score (nSPS) is 14.5. The topological polar surface area (TPSA) is 153 Å². The zero-order chi connectivity index (χ0) is 18.6. The Labute approximate surface area is 141 Å². The first-order valence-corrected chi connectivity index (χ1v) is 8.37. The van der Waals surface area contributed by atoms with Crippen molar-refractivity contribution in [2.75, 3.05) is 0 Å². The van der Waals surface area contributed by atoms with Gasteiger partial charge in [-0.1, -0.05) is 12.1 Å². The van der Waals surface area contributed by atoms with E-state index in [9.17, 15) is 24.5 Å².